The molecular formula is C23H17ClN2O6. The zero-order valence-corrected chi connectivity index (χ0v) is 17.6. The molecule has 0 aliphatic heterocycles. The summed E-state index contributed by atoms with van der Waals surface area (Å²) in [7, 11) is 0. The van der Waals surface area contributed by atoms with Crippen LogP contribution in [0.15, 0.2) is 66.7 Å². The number of hydrogen-bond donors (Lipinski definition) is 1. The number of nitro groups is 1. The molecule has 3 aromatic rings. The van der Waals surface area contributed by atoms with Gasteiger partial charge in [-0.25, -0.2) is 4.79 Å². The molecule has 1 amide bonds. The number of halogens is 1. The third-order valence-electron chi connectivity index (χ3n) is 4.52. The first-order valence-electron chi connectivity index (χ1n) is 9.37. The second-order valence-corrected chi connectivity index (χ2v) is 7.20. The Morgan fingerprint density at radius 3 is 2.31 bits per heavy atom. The minimum atomic E-state index is -0.854. The third-order valence-corrected chi connectivity index (χ3v) is 4.77. The lowest BCUT2D eigenvalue weighted by molar-refractivity contribution is -0.385. The Morgan fingerprint density at radius 2 is 1.66 bits per heavy atom. The minimum Gasteiger partial charge on any atom is -0.452 e. The first-order chi connectivity index (χ1) is 15.3. The van der Waals surface area contributed by atoms with Crippen LogP contribution in [0.4, 0.5) is 11.4 Å². The fourth-order valence-corrected chi connectivity index (χ4v) is 3.03. The van der Waals surface area contributed by atoms with Crippen LogP contribution < -0.4 is 5.32 Å². The van der Waals surface area contributed by atoms with Gasteiger partial charge in [0.2, 0.25) is 0 Å². The molecular weight excluding hydrogens is 436 g/mol. The molecule has 0 atom stereocenters. The summed E-state index contributed by atoms with van der Waals surface area (Å²) < 4.78 is 5.05. The summed E-state index contributed by atoms with van der Waals surface area (Å²) in [5, 5.41) is 13.9. The fourth-order valence-electron chi connectivity index (χ4n) is 2.91. The van der Waals surface area contributed by atoms with Gasteiger partial charge in [-0.2, -0.15) is 0 Å². The Balaban J connectivity index is 1.68. The molecule has 0 aliphatic carbocycles. The summed E-state index contributed by atoms with van der Waals surface area (Å²) in [5.41, 5.74) is 0.964. The quantitative estimate of drug-likeness (QED) is 0.243. The van der Waals surface area contributed by atoms with E-state index in [-0.39, 0.29) is 22.5 Å². The Bertz CT molecular complexity index is 1210. The molecule has 1 N–H and O–H groups in total. The molecule has 162 valence electrons. The molecule has 0 unspecified atom stereocenters. The Morgan fingerprint density at radius 1 is 1.00 bits per heavy atom. The number of benzene rings is 3. The van der Waals surface area contributed by atoms with Crippen molar-refractivity contribution < 1.29 is 24.0 Å². The van der Waals surface area contributed by atoms with Gasteiger partial charge in [0.05, 0.1) is 10.5 Å². The predicted octanol–water partition coefficient (Wildman–Crippen LogP) is 4.58. The maximum Gasteiger partial charge on any atom is 0.339 e. The monoisotopic (exact) mass is 452 g/mol. The Kier molecular flexibility index (Phi) is 6.97. The number of rotatable bonds is 7. The van der Waals surface area contributed by atoms with Gasteiger partial charge in [-0.1, -0.05) is 35.9 Å². The van der Waals surface area contributed by atoms with Gasteiger partial charge in [-0.15, -0.1) is 0 Å². The average molecular weight is 453 g/mol. The van der Waals surface area contributed by atoms with Gasteiger partial charge < -0.3 is 10.1 Å². The van der Waals surface area contributed by atoms with Crippen LogP contribution in [0, 0.1) is 17.0 Å². The van der Waals surface area contributed by atoms with Gasteiger partial charge in [0, 0.05) is 33.5 Å². The number of carbonyl (C=O) groups excluding carboxylic acids is 3. The molecule has 3 aromatic carbocycles. The average Bonchev–Trinajstić information content (AvgIpc) is 2.78. The number of nitrogens with zero attached hydrogens (tertiary/aromatic N) is 1. The van der Waals surface area contributed by atoms with E-state index in [1.165, 1.54) is 30.3 Å². The highest BCUT2D eigenvalue weighted by Crippen LogP contribution is 2.22. The lowest BCUT2D eigenvalue weighted by atomic mass is 9.98. The van der Waals surface area contributed by atoms with E-state index in [1.54, 1.807) is 43.3 Å². The molecule has 0 saturated carbocycles. The summed E-state index contributed by atoms with van der Waals surface area (Å²) in [6.07, 6.45) is 0. The van der Waals surface area contributed by atoms with Crippen molar-refractivity contribution in [2.75, 3.05) is 11.9 Å². The van der Waals surface area contributed by atoms with Gasteiger partial charge >= 0.3 is 5.97 Å². The molecule has 0 fully saturated rings. The molecule has 0 heterocycles. The second-order valence-electron chi connectivity index (χ2n) is 6.76. The lowest BCUT2D eigenvalue weighted by Crippen LogP contribution is -2.22. The molecule has 0 aliphatic rings. The van der Waals surface area contributed by atoms with Gasteiger partial charge in [-0.05, 0) is 43.3 Å². The van der Waals surface area contributed by atoms with Gasteiger partial charge in [0.25, 0.3) is 11.6 Å². The maximum atomic E-state index is 12.8. The van der Waals surface area contributed by atoms with Crippen LogP contribution in [-0.2, 0) is 9.53 Å². The zero-order valence-electron chi connectivity index (χ0n) is 16.8. The lowest BCUT2D eigenvalue weighted by Gasteiger charge is -2.10. The highest BCUT2D eigenvalue weighted by Gasteiger charge is 2.20. The predicted molar refractivity (Wildman–Crippen MR) is 118 cm³/mol. The van der Waals surface area contributed by atoms with Crippen molar-refractivity contribution in [1.82, 2.24) is 0 Å². The van der Waals surface area contributed by atoms with Crippen molar-refractivity contribution in [2.45, 2.75) is 6.92 Å². The van der Waals surface area contributed by atoms with E-state index in [1.807, 2.05) is 0 Å². The van der Waals surface area contributed by atoms with Crippen LogP contribution in [0.5, 0.6) is 0 Å². The molecule has 0 aromatic heterocycles. The van der Waals surface area contributed by atoms with Gasteiger partial charge in [0.15, 0.2) is 12.4 Å². The van der Waals surface area contributed by atoms with E-state index in [4.69, 9.17) is 16.3 Å². The van der Waals surface area contributed by atoms with Crippen molar-refractivity contribution in [1.29, 1.82) is 0 Å². The summed E-state index contributed by atoms with van der Waals surface area (Å²) in [6, 6.07) is 16.5. The summed E-state index contributed by atoms with van der Waals surface area (Å²) >= 11 is 5.85. The SMILES string of the molecule is Cc1ccc(NC(=O)COC(=O)c2ccccc2C(=O)c2ccc(Cl)cc2)cc1[N+](=O)[O-]. The molecule has 3 rings (SSSR count). The van der Waals surface area contributed by atoms with E-state index in [0.29, 0.717) is 16.1 Å². The molecule has 0 bridgehead atoms. The van der Waals surface area contributed by atoms with Crippen molar-refractivity contribution in [2.24, 2.45) is 0 Å². The summed E-state index contributed by atoms with van der Waals surface area (Å²) in [4.78, 5) is 47.9. The number of ketones is 1. The van der Waals surface area contributed by atoms with Crippen LogP contribution in [0.1, 0.15) is 31.8 Å². The molecule has 8 nitrogen and oxygen atoms in total. The number of nitro benzene ring substituents is 1. The fraction of sp³-hybridized carbons (Fsp3) is 0.0870. The number of esters is 1. The van der Waals surface area contributed by atoms with Crippen molar-refractivity contribution in [3.63, 3.8) is 0 Å². The molecule has 9 heteroatoms. The molecule has 0 radical (unpaired) electrons. The van der Waals surface area contributed by atoms with Crippen LogP contribution in [-0.4, -0.2) is 29.2 Å². The van der Waals surface area contributed by atoms with Crippen molar-refractivity contribution >= 4 is 40.6 Å². The highest BCUT2D eigenvalue weighted by molar-refractivity contribution is 6.30. The minimum absolute atomic E-state index is 0.00576. The van der Waals surface area contributed by atoms with E-state index in [9.17, 15) is 24.5 Å². The summed E-state index contributed by atoms with van der Waals surface area (Å²) in [5.74, 6) is -1.93. The maximum absolute atomic E-state index is 12.8. The van der Waals surface area contributed by atoms with Gasteiger partial charge in [-0.3, -0.25) is 19.7 Å². The summed E-state index contributed by atoms with van der Waals surface area (Å²) in [6.45, 7) is 0.943. The largest absolute Gasteiger partial charge is 0.452 e. The normalized spacial score (nSPS) is 10.3. The van der Waals surface area contributed by atoms with Crippen LogP contribution in [0.25, 0.3) is 0 Å². The van der Waals surface area contributed by atoms with Crippen molar-refractivity contribution in [3.8, 4) is 0 Å². The number of ether oxygens (including phenoxy) is 1. The number of amides is 1. The topological polar surface area (TPSA) is 116 Å². The van der Waals surface area contributed by atoms with Gasteiger partial charge in [0.1, 0.15) is 0 Å². The number of nitrogens with one attached hydrogen (secondary N) is 1. The van der Waals surface area contributed by atoms with Crippen LogP contribution in [0.2, 0.25) is 5.02 Å². The van der Waals surface area contributed by atoms with E-state index in [2.05, 4.69) is 5.32 Å². The van der Waals surface area contributed by atoms with E-state index < -0.39 is 29.2 Å². The highest BCUT2D eigenvalue weighted by atomic mass is 35.5. The first kappa shape index (κ1) is 22.6. The Labute approximate surface area is 187 Å². The second kappa shape index (κ2) is 9.84. The number of anilines is 1. The molecule has 0 saturated heterocycles. The van der Waals surface area contributed by atoms with Crippen LogP contribution in [0.3, 0.4) is 0 Å². The van der Waals surface area contributed by atoms with E-state index in [0.717, 1.165) is 0 Å². The number of aryl methyl sites for hydroxylation is 1. The van der Waals surface area contributed by atoms with Crippen LogP contribution >= 0.6 is 11.6 Å². The first-order valence-corrected chi connectivity index (χ1v) is 9.75. The molecule has 32 heavy (non-hydrogen) atoms. The number of carbonyl (C=O) groups is 3. The molecule has 0 spiro atoms. The van der Waals surface area contributed by atoms with Crippen molar-refractivity contribution in [3.05, 3.63) is 104 Å². The number of hydrogen-bond acceptors (Lipinski definition) is 6. The third kappa shape index (κ3) is 5.35. The Hall–Kier alpha value is -4.04. The standard InChI is InChI=1S/C23H17ClN2O6/c1-14-6-11-17(12-20(14)26(30)31)25-21(27)13-32-23(29)19-5-3-2-4-18(19)22(28)15-7-9-16(24)10-8-15/h2-12H,13H2,1H3,(H,25,27). The van der Waals surface area contributed by atoms with E-state index >= 15 is 0 Å². The smallest absolute Gasteiger partial charge is 0.339 e. The zero-order chi connectivity index (χ0) is 23.3.